The summed E-state index contributed by atoms with van der Waals surface area (Å²) >= 11 is 6.03. The minimum atomic E-state index is -0.438. The number of rotatable bonds is 4. The monoisotopic (exact) mass is 388 g/mol. The van der Waals surface area contributed by atoms with Gasteiger partial charge >= 0.3 is 0 Å². The summed E-state index contributed by atoms with van der Waals surface area (Å²) in [5.41, 5.74) is 1.08. The number of likely N-dealkylation sites (tertiary alicyclic amines) is 1. The van der Waals surface area contributed by atoms with E-state index in [-0.39, 0.29) is 11.9 Å². The number of benzene rings is 1. The molecule has 0 spiro atoms. The Kier molecular flexibility index (Phi) is 5.25. The van der Waals surface area contributed by atoms with Gasteiger partial charge in [-0.2, -0.15) is 0 Å². The number of anilines is 1. The molecule has 2 saturated heterocycles. The van der Waals surface area contributed by atoms with Crippen molar-refractivity contribution in [1.82, 2.24) is 14.9 Å². The Morgan fingerprint density at radius 1 is 1.22 bits per heavy atom. The minimum absolute atomic E-state index is 0.180. The predicted molar refractivity (Wildman–Crippen MR) is 102 cm³/mol. The second-order valence-corrected chi connectivity index (χ2v) is 7.71. The van der Waals surface area contributed by atoms with E-state index in [1.165, 1.54) is 12.4 Å². The average molecular weight is 389 g/mol. The molecule has 4 rings (SSSR count). The molecule has 27 heavy (non-hydrogen) atoms. The number of aryl methyl sites for hydroxylation is 1. The van der Waals surface area contributed by atoms with Crippen molar-refractivity contribution in [2.75, 3.05) is 24.5 Å². The van der Waals surface area contributed by atoms with Crippen LogP contribution in [0, 0.1) is 11.7 Å². The molecule has 2 atom stereocenters. The number of halogens is 2. The molecule has 2 fully saturated rings. The second-order valence-electron chi connectivity index (χ2n) is 7.27. The van der Waals surface area contributed by atoms with Gasteiger partial charge in [0, 0.05) is 31.1 Å². The molecule has 2 aliphatic rings. The van der Waals surface area contributed by atoms with Crippen LogP contribution < -0.4 is 4.90 Å². The average Bonchev–Trinajstić information content (AvgIpc) is 3.10. The summed E-state index contributed by atoms with van der Waals surface area (Å²) in [4.78, 5) is 25.1. The van der Waals surface area contributed by atoms with Gasteiger partial charge in [0.1, 0.15) is 0 Å². The number of piperidine rings is 1. The third kappa shape index (κ3) is 4.05. The van der Waals surface area contributed by atoms with Gasteiger partial charge in [0.15, 0.2) is 5.82 Å². The Labute approximate surface area is 163 Å². The summed E-state index contributed by atoms with van der Waals surface area (Å²) in [6, 6.07) is 7.84. The van der Waals surface area contributed by atoms with E-state index >= 15 is 0 Å². The third-order valence-corrected chi connectivity index (χ3v) is 5.82. The fourth-order valence-electron chi connectivity index (χ4n) is 4.19. The molecule has 3 heterocycles. The molecule has 1 aromatic carbocycles. The molecule has 0 radical (unpaired) electrons. The third-order valence-electron chi connectivity index (χ3n) is 5.59. The number of aromatic nitrogens is 2. The molecule has 0 bridgehead atoms. The van der Waals surface area contributed by atoms with Crippen LogP contribution in [0.2, 0.25) is 5.02 Å². The highest BCUT2D eigenvalue weighted by molar-refractivity contribution is 6.30. The number of fused-ring (bicyclic) bond motifs is 1. The maximum atomic E-state index is 13.1. The van der Waals surface area contributed by atoms with Crippen LogP contribution in [0.1, 0.15) is 24.8 Å². The summed E-state index contributed by atoms with van der Waals surface area (Å²) < 4.78 is 13.1. The lowest BCUT2D eigenvalue weighted by Gasteiger charge is -2.38. The van der Waals surface area contributed by atoms with Crippen LogP contribution in [-0.4, -0.2) is 46.5 Å². The highest BCUT2D eigenvalue weighted by Crippen LogP contribution is 2.33. The Morgan fingerprint density at radius 3 is 2.78 bits per heavy atom. The van der Waals surface area contributed by atoms with Gasteiger partial charge in [0.2, 0.25) is 11.9 Å². The summed E-state index contributed by atoms with van der Waals surface area (Å²) in [6.07, 6.45) is 5.61. The normalized spacial score (nSPS) is 22.0. The van der Waals surface area contributed by atoms with E-state index in [9.17, 15) is 9.18 Å². The maximum absolute atomic E-state index is 13.1. The van der Waals surface area contributed by atoms with Gasteiger partial charge in [0.25, 0.3) is 0 Å². The molecule has 7 heteroatoms. The second kappa shape index (κ2) is 7.80. The van der Waals surface area contributed by atoms with Crippen LogP contribution in [0.25, 0.3) is 0 Å². The van der Waals surface area contributed by atoms with Crippen molar-refractivity contribution in [2.45, 2.75) is 31.7 Å². The summed E-state index contributed by atoms with van der Waals surface area (Å²) in [5.74, 6) is 0.807. The van der Waals surface area contributed by atoms with Crippen LogP contribution in [0.3, 0.4) is 0 Å². The van der Waals surface area contributed by atoms with Crippen LogP contribution in [0.5, 0.6) is 0 Å². The first-order chi connectivity index (χ1) is 13.1. The van der Waals surface area contributed by atoms with Gasteiger partial charge in [-0.15, -0.1) is 0 Å². The number of carbonyl (C=O) groups is 1. The van der Waals surface area contributed by atoms with Gasteiger partial charge in [-0.3, -0.25) is 4.79 Å². The fraction of sp³-hybridized carbons (Fsp3) is 0.450. The van der Waals surface area contributed by atoms with Gasteiger partial charge in [-0.05, 0) is 42.9 Å². The van der Waals surface area contributed by atoms with Crippen LogP contribution in [0.4, 0.5) is 10.3 Å². The molecule has 0 saturated carbocycles. The lowest BCUT2D eigenvalue weighted by atomic mass is 9.92. The summed E-state index contributed by atoms with van der Waals surface area (Å²) in [7, 11) is 0. The molecular formula is C20H22ClFN4O. The van der Waals surface area contributed by atoms with Crippen molar-refractivity contribution in [3.05, 3.63) is 53.1 Å². The first-order valence-electron chi connectivity index (χ1n) is 9.36. The topological polar surface area (TPSA) is 49.3 Å². The number of amides is 1. The Hall–Kier alpha value is -2.21. The van der Waals surface area contributed by atoms with E-state index in [1.807, 2.05) is 29.2 Å². The maximum Gasteiger partial charge on any atom is 0.225 e. The fourth-order valence-corrected chi connectivity index (χ4v) is 4.40. The minimum Gasteiger partial charge on any atom is -0.339 e. The molecule has 2 aliphatic heterocycles. The van der Waals surface area contributed by atoms with Crippen molar-refractivity contribution in [2.24, 2.45) is 5.92 Å². The number of hydrogen-bond acceptors (Lipinski definition) is 4. The quantitative estimate of drug-likeness (QED) is 0.806. The van der Waals surface area contributed by atoms with Gasteiger partial charge in [0.05, 0.1) is 18.4 Å². The van der Waals surface area contributed by atoms with E-state index in [1.54, 1.807) is 0 Å². The summed E-state index contributed by atoms with van der Waals surface area (Å²) in [6.45, 7) is 2.36. The first-order valence-corrected chi connectivity index (χ1v) is 9.74. The molecule has 2 aromatic rings. The largest absolute Gasteiger partial charge is 0.339 e. The van der Waals surface area contributed by atoms with Crippen molar-refractivity contribution in [3.63, 3.8) is 0 Å². The lowest BCUT2D eigenvalue weighted by molar-refractivity contribution is -0.132. The zero-order valence-corrected chi connectivity index (χ0v) is 15.8. The summed E-state index contributed by atoms with van der Waals surface area (Å²) in [5, 5.41) is 0.698. The zero-order valence-electron chi connectivity index (χ0n) is 15.0. The number of carbonyl (C=O) groups excluding carboxylic acids is 1. The Balaban J connectivity index is 1.40. The SMILES string of the molecule is O=C(CCc1cccc(Cl)c1)N1CCC2CCN(c3ncc(F)cn3)CC21. The molecule has 0 N–H and O–H groups in total. The molecule has 142 valence electrons. The standard InChI is InChI=1S/C20H22ClFN4O/c21-16-3-1-2-14(10-16)4-5-19(27)26-9-7-15-6-8-25(13-18(15)26)20-23-11-17(22)12-24-20/h1-3,10-12,15,18H,4-9,13H2. The predicted octanol–water partition coefficient (Wildman–Crippen LogP) is 3.33. The van der Waals surface area contributed by atoms with E-state index < -0.39 is 5.82 Å². The molecule has 0 aliphatic carbocycles. The molecule has 2 unspecified atom stereocenters. The molecule has 1 amide bonds. The molecule has 5 nitrogen and oxygen atoms in total. The van der Waals surface area contributed by atoms with Gasteiger partial charge < -0.3 is 9.80 Å². The number of nitrogens with zero attached hydrogens (tertiary/aromatic N) is 4. The van der Waals surface area contributed by atoms with Gasteiger partial charge in [-0.1, -0.05) is 23.7 Å². The van der Waals surface area contributed by atoms with Crippen LogP contribution in [-0.2, 0) is 11.2 Å². The van der Waals surface area contributed by atoms with E-state index in [4.69, 9.17) is 11.6 Å². The van der Waals surface area contributed by atoms with E-state index in [0.29, 0.717) is 36.3 Å². The van der Waals surface area contributed by atoms with Crippen molar-refractivity contribution < 1.29 is 9.18 Å². The lowest BCUT2D eigenvalue weighted by Crippen LogP contribution is -2.50. The number of hydrogen-bond donors (Lipinski definition) is 0. The molecular weight excluding hydrogens is 367 g/mol. The van der Waals surface area contributed by atoms with E-state index in [0.717, 1.165) is 31.5 Å². The highest BCUT2D eigenvalue weighted by Gasteiger charge is 2.40. The van der Waals surface area contributed by atoms with Gasteiger partial charge in [-0.25, -0.2) is 14.4 Å². The first kappa shape index (κ1) is 18.2. The highest BCUT2D eigenvalue weighted by atomic mass is 35.5. The Bertz CT molecular complexity index is 816. The zero-order chi connectivity index (χ0) is 18.8. The van der Waals surface area contributed by atoms with Crippen molar-refractivity contribution in [3.8, 4) is 0 Å². The van der Waals surface area contributed by atoms with Crippen molar-refractivity contribution >= 4 is 23.5 Å². The van der Waals surface area contributed by atoms with Crippen LogP contribution in [0.15, 0.2) is 36.7 Å². The Morgan fingerprint density at radius 2 is 2.00 bits per heavy atom. The van der Waals surface area contributed by atoms with Crippen LogP contribution >= 0.6 is 11.6 Å². The molecule has 1 aromatic heterocycles. The smallest absolute Gasteiger partial charge is 0.225 e. The van der Waals surface area contributed by atoms with Crippen molar-refractivity contribution in [1.29, 1.82) is 0 Å². The van der Waals surface area contributed by atoms with E-state index in [2.05, 4.69) is 14.9 Å².